The Morgan fingerprint density at radius 1 is 1.22 bits per heavy atom. The molecule has 1 saturated carbocycles. The van der Waals surface area contributed by atoms with Crippen LogP contribution in [0.1, 0.15) is 52.9 Å². The zero-order valence-electron chi connectivity index (χ0n) is 16.6. The monoisotopic (exact) mass is 390 g/mol. The number of carbonyl (C=O) groups is 1. The van der Waals surface area contributed by atoms with Gasteiger partial charge in [0.25, 0.3) is 5.91 Å². The van der Waals surface area contributed by atoms with Gasteiger partial charge in [0.2, 0.25) is 0 Å². The number of piperazine rings is 1. The Hall–Kier alpha value is -1.63. The van der Waals surface area contributed by atoms with Crippen LogP contribution in [0.25, 0.3) is 0 Å². The summed E-state index contributed by atoms with van der Waals surface area (Å²) in [5.41, 5.74) is 0.735. The molecular weight excluding hydrogens is 360 g/mol. The largest absolute Gasteiger partial charge is 0.388 e. The van der Waals surface area contributed by atoms with Crippen LogP contribution in [-0.4, -0.2) is 53.3 Å². The van der Waals surface area contributed by atoms with Gasteiger partial charge in [-0.2, -0.15) is 0 Å². The van der Waals surface area contributed by atoms with Gasteiger partial charge in [-0.25, -0.2) is 4.98 Å². The summed E-state index contributed by atoms with van der Waals surface area (Å²) in [7, 11) is 0. The molecule has 0 bridgehead atoms. The summed E-state index contributed by atoms with van der Waals surface area (Å²) in [5, 5.41) is 7.28. The van der Waals surface area contributed by atoms with Crippen LogP contribution in [0.5, 0.6) is 0 Å². The summed E-state index contributed by atoms with van der Waals surface area (Å²) >= 11 is 1.65. The number of nitrogens with zero attached hydrogens (tertiary/aromatic N) is 4. The molecule has 1 aromatic heterocycles. The van der Waals surface area contributed by atoms with E-state index < -0.39 is 0 Å². The van der Waals surface area contributed by atoms with E-state index in [9.17, 15) is 4.79 Å². The Kier molecular flexibility index (Phi) is 4.91. The summed E-state index contributed by atoms with van der Waals surface area (Å²) < 4.78 is 0. The molecule has 1 aliphatic carbocycles. The van der Waals surface area contributed by atoms with Gasteiger partial charge in [-0.1, -0.05) is 25.9 Å². The standard InChI is InChI=1S/C20H30N4O2S/c1-19(2,3)15-4-6-20(7-5-15)14-16(22-26-20)17(25)23-9-11-24(12-10-23)18-21-8-13-27-18/h8,13,15H,4-7,9-12,14H2,1-3H3/t15-,20+. The number of aromatic nitrogens is 1. The first kappa shape index (κ1) is 18.7. The van der Waals surface area contributed by atoms with Crippen molar-refractivity contribution in [3.63, 3.8) is 0 Å². The Morgan fingerprint density at radius 2 is 1.93 bits per heavy atom. The van der Waals surface area contributed by atoms with Crippen molar-refractivity contribution in [3.05, 3.63) is 11.6 Å². The zero-order chi connectivity index (χ0) is 19.1. The lowest BCUT2D eigenvalue weighted by molar-refractivity contribution is -0.124. The first-order valence-corrected chi connectivity index (χ1v) is 10.9. The Balaban J connectivity index is 1.30. The third-order valence-corrected chi connectivity index (χ3v) is 7.30. The highest BCUT2D eigenvalue weighted by molar-refractivity contribution is 7.13. The lowest BCUT2D eigenvalue weighted by Crippen LogP contribution is -2.51. The van der Waals surface area contributed by atoms with Gasteiger partial charge in [-0.15, -0.1) is 11.3 Å². The molecule has 3 aliphatic rings. The molecule has 1 saturated heterocycles. The third-order valence-electron chi connectivity index (χ3n) is 6.46. The van der Waals surface area contributed by atoms with E-state index in [4.69, 9.17) is 4.84 Å². The molecule has 1 aromatic rings. The molecule has 7 heteroatoms. The van der Waals surface area contributed by atoms with Crippen LogP contribution >= 0.6 is 11.3 Å². The molecule has 2 fully saturated rings. The van der Waals surface area contributed by atoms with Crippen LogP contribution in [-0.2, 0) is 9.63 Å². The molecular formula is C20H30N4O2S. The molecule has 4 rings (SSSR count). The SMILES string of the molecule is CC(C)(C)[C@H]1CC[C@@]2(CC1)CC(C(=O)N1CCN(c3nccs3)CC1)=NO2. The van der Waals surface area contributed by atoms with Crippen LogP contribution in [0, 0.1) is 11.3 Å². The summed E-state index contributed by atoms with van der Waals surface area (Å²) in [6.07, 6.45) is 6.84. The molecule has 6 nitrogen and oxygen atoms in total. The summed E-state index contributed by atoms with van der Waals surface area (Å²) in [6.45, 7) is 10.1. The highest BCUT2D eigenvalue weighted by atomic mass is 32.1. The number of hydrogen-bond donors (Lipinski definition) is 0. The summed E-state index contributed by atoms with van der Waals surface area (Å²) in [6, 6.07) is 0. The number of carbonyl (C=O) groups excluding carboxylic acids is 1. The zero-order valence-corrected chi connectivity index (χ0v) is 17.4. The van der Waals surface area contributed by atoms with Crippen LogP contribution in [0.15, 0.2) is 16.7 Å². The number of anilines is 1. The van der Waals surface area contributed by atoms with E-state index >= 15 is 0 Å². The fourth-order valence-electron chi connectivity index (χ4n) is 4.57. The quantitative estimate of drug-likeness (QED) is 0.775. The molecule has 0 aromatic carbocycles. The lowest BCUT2D eigenvalue weighted by Gasteiger charge is -2.40. The maximum Gasteiger partial charge on any atom is 0.271 e. The molecule has 0 atom stereocenters. The average Bonchev–Trinajstić information content (AvgIpc) is 3.32. The van der Waals surface area contributed by atoms with E-state index in [0.717, 1.165) is 62.9 Å². The Morgan fingerprint density at radius 3 is 2.52 bits per heavy atom. The van der Waals surface area contributed by atoms with Crippen molar-refractivity contribution in [2.24, 2.45) is 16.5 Å². The minimum absolute atomic E-state index is 0.0589. The molecule has 27 heavy (non-hydrogen) atoms. The second-order valence-electron chi connectivity index (χ2n) is 9.22. The Bertz CT molecular complexity index is 694. The highest BCUT2D eigenvalue weighted by Gasteiger charge is 2.46. The van der Waals surface area contributed by atoms with E-state index in [1.165, 1.54) is 0 Å². The van der Waals surface area contributed by atoms with Crippen molar-refractivity contribution in [1.82, 2.24) is 9.88 Å². The molecule has 0 radical (unpaired) electrons. The van der Waals surface area contributed by atoms with Crippen LogP contribution in [0.4, 0.5) is 5.13 Å². The van der Waals surface area contributed by atoms with Crippen molar-refractivity contribution in [2.75, 3.05) is 31.1 Å². The molecule has 1 amide bonds. The second-order valence-corrected chi connectivity index (χ2v) is 10.1. The van der Waals surface area contributed by atoms with Crippen LogP contribution in [0.3, 0.4) is 0 Å². The normalized spacial score (nSPS) is 29.0. The number of hydrogen-bond acceptors (Lipinski definition) is 6. The number of amides is 1. The minimum Gasteiger partial charge on any atom is -0.388 e. The van der Waals surface area contributed by atoms with E-state index in [-0.39, 0.29) is 11.5 Å². The van der Waals surface area contributed by atoms with Crippen molar-refractivity contribution in [3.8, 4) is 0 Å². The predicted molar refractivity (Wildman–Crippen MR) is 108 cm³/mol. The van der Waals surface area contributed by atoms with E-state index in [2.05, 4.69) is 35.8 Å². The van der Waals surface area contributed by atoms with Gasteiger partial charge in [-0.3, -0.25) is 4.79 Å². The lowest BCUT2D eigenvalue weighted by atomic mass is 9.67. The van der Waals surface area contributed by atoms with E-state index in [0.29, 0.717) is 17.5 Å². The third kappa shape index (κ3) is 3.84. The van der Waals surface area contributed by atoms with Crippen molar-refractivity contribution in [1.29, 1.82) is 0 Å². The van der Waals surface area contributed by atoms with Gasteiger partial charge < -0.3 is 14.6 Å². The van der Waals surface area contributed by atoms with Gasteiger partial charge in [0, 0.05) is 44.2 Å². The average molecular weight is 391 g/mol. The summed E-state index contributed by atoms with van der Waals surface area (Å²) in [4.78, 5) is 27.3. The minimum atomic E-state index is -0.227. The topological polar surface area (TPSA) is 58.0 Å². The van der Waals surface area contributed by atoms with Gasteiger partial charge in [0.15, 0.2) is 5.13 Å². The van der Waals surface area contributed by atoms with Crippen molar-refractivity contribution >= 4 is 28.1 Å². The molecule has 0 N–H and O–H groups in total. The summed E-state index contributed by atoms with van der Waals surface area (Å²) in [5.74, 6) is 0.786. The van der Waals surface area contributed by atoms with Gasteiger partial charge in [0.05, 0.1) is 0 Å². The van der Waals surface area contributed by atoms with E-state index in [1.54, 1.807) is 11.3 Å². The van der Waals surface area contributed by atoms with Crippen molar-refractivity contribution < 1.29 is 9.63 Å². The maximum atomic E-state index is 12.9. The van der Waals surface area contributed by atoms with Crippen molar-refractivity contribution in [2.45, 2.75) is 58.5 Å². The molecule has 2 aliphatic heterocycles. The highest BCUT2D eigenvalue weighted by Crippen LogP contribution is 2.46. The number of oxime groups is 1. The Labute approximate surface area is 165 Å². The fourth-order valence-corrected chi connectivity index (χ4v) is 5.27. The second kappa shape index (κ2) is 7.08. The first-order valence-electron chi connectivity index (χ1n) is 10.1. The smallest absolute Gasteiger partial charge is 0.271 e. The van der Waals surface area contributed by atoms with Gasteiger partial charge >= 0.3 is 0 Å². The molecule has 1 spiro atoms. The molecule has 0 unspecified atom stereocenters. The number of thiazole rings is 1. The fraction of sp³-hybridized carbons (Fsp3) is 0.750. The van der Waals surface area contributed by atoms with Gasteiger partial charge in [-0.05, 0) is 37.0 Å². The predicted octanol–water partition coefficient (Wildman–Crippen LogP) is 3.54. The molecule has 3 heterocycles. The van der Waals surface area contributed by atoms with Crippen LogP contribution in [0.2, 0.25) is 0 Å². The van der Waals surface area contributed by atoms with Crippen LogP contribution < -0.4 is 4.90 Å². The number of rotatable bonds is 2. The molecule has 148 valence electrons. The van der Waals surface area contributed by atoms with Gasteiger partial charge in [0.1, 0.15) is 11.3 Å². The maximum absolute atomic E-state index is 12.9. The van der Waals surface area contributed by atoms with E-state index in [1.807, 2.05) is 16.5 Å². The first-order chi connectivity index (χ1) is 12.9.